The zero-order valence-corrected chi connectivity index (χ0v) is 14.8. The van der Waals surface area contributed by atoms with Crippen LogP contribution in [0.5, 0.6) is 0 Å². The van der Waals surface area contributed by atoms with Crippen LogP contribution in [-0.4, -0.2) is 66.4 Å². The van der Waals surface area contributed by atoms with Crippen molar-refractivity contribution in [1.82, 2.24) is 10.2 Å². The molecule has 4 fully saturated rings. The summed E-state index contributed by atoms with van der Waals surface area (Å²) in [4.78, 5) is 26.7. The minimum absolute atomic E-state index is 0.103. The van der Waals surface area contributed by atoms with Crippen LogP contribution in [0.3, 0.4) is 0 Å². The summed E-state index contributed by atoms with van der Waals surface area (Å²) in [6.07, 6.45) is 5.38. The molecule has 24 heavy (non-hydrogen) atoms. The SMILES string of the molecule is O=C(NC1CCCC12CN(C(=O)CC1OCCO1)C2)C1CCCS1. The number of thioether (sulfide) groups is 1. The molecule has 0 aromatic rings. The molecule has 0 aromatic heterocycles. The second kappa shape index (κ2) is 6.84. The van der Waals surface area contributed by atoms with Gasteiger partial charge >= 0.3 is 0 Å². The van der Waals surface area contributed by atoms with E-state index in [-0.39, 0.29) is 34.8 Å². The lowest BCUT2D eigenvalue weighted by molar-refractivity contribution is -0.152. The Morgan fingerprint density at radius 3 is 2.67 bits per heavy atom. The monoisotopic (exact) mass is 354 g/mol. The van der Waals surface area contributed by atoms with Crippen molar-refractivity contribution < 1.29 is 19.1 Å². The molecular formula is C17H26N2O4S. The average Bonchev–Trinajstić information content (AvgIpc) is 3.27. The first kappa shape index (κ1) is 16.7. The second-order valence-corrected chi connectivity index (χ2v) is 8.75. The maximum absolute atomic E-state index is 12.4. The van der Waals surface area contributed by atoms with E-state index in [1.54, 1.807) is 11.8 Å². The molecule has 0 aromatic carbocycles. The zero-order chi connectivity index (χ0) is 16.6. The van der Waals surface area contributed by atoms with Crippen molar-refractivity contribution in [3.63, 3.8) is 0 Å². The Labute approximate surface area is 147 Å². The molecule has 2 unspecified atom stereocenters. The van der Waals surface area contributed by atoms with Crippen LogP contribution in [0.15, 0.2) is 0 Å². The smallest absolute Gasteiger partial charge is 0.233 e. The Hall–Kier alpha value is -0.790. The molecule has 2 amide bonds. The lowest BCUT2D eigenvalue weighted by Crippen LogP contribution is -2.65. The third kappa shape index (κ3) is 3.18. The summed E-state index contributed by atoms with van der Waals surface area (Å²) in [6.45, 7) is 2.69. The van der Waals surface area contributed by atoms with Crippen LogP contribution in [0.2, 0.25) is 0 Å². The van der Waals surface area contributed by atoms with E-state index >= 15 is 0 Å². The van der Waals surface area contributed by atoms with Crippen molar-refractivity contribution in [2.45, 2.75) is 56.1 Å². The first-order chi connectivity index (χ1) is 11.7. The van der Waals surface area contributed by atoms with Gasteiger partial charge in [0.15, 0.2) is 6.29 Å². The molecule has 0 radical (unpaired) electrons. The molecule has 0 bridgehead atoms. The van der Waals surface area contributed by atoms with Crippen molar-refractivity contribution >= 4 is 23.6 Å². The Kier molecular flexibility index (Phi) is 4.75. The van der Waals surface area contributed by atoms with Gasteiger partial charge in [-0.3, -0.25) is 9.59 Å². The van der Waals surface area contributed by atoms with Gasteiger partial charge in [0.05, 0.1) is 24.9 Å². The highest BCUT2D eigenvalue weighted by Crippen LogP contribution is 2.46. The number of likely N-dealkylation sites (tertiary alicyclic amines) is 1. The summed E-state index contributed by atoms with van der Waals surface area (Å²) in [6, 6.07) is 0.231. The number of nitrogens with zero attached hydrogens (tertiary/aromatic N) is 1. The normalized spacial score (nSPS) is 32.2. The van der Waals surface area contributed by atoms with Crippen molar-refractivity contribution in [2.75, 3.05) is 32.1 Å². The molecule has 1 aliphatic carbocycles. The molecule has 3 aliphatic heterocycles. The van der Waals surface area contributed by atoms with Gasteiger partial charge < -0.3 is 19.7 Å². The number of hydrogen-bond acceptors (Lipinski definition) is 5. The molecule has 3 heterocycles. The number of carbonyl (C=O) groups excluding carboxylic acids is 2. The summed E-state index contributed by atoms with van der Waals surface area (Å²) in [5.41, 5.74) is 0.103. The van der Waals surface area contributed by atoms with E-state index in [4.69, 9.17) is 9.47 Å². The largest absolute Gasteiger partial charge is 0.352 e. The van der Waals surface area contributed by atoms with Gasteiger partial charge in [-0.15, -0.1) is 11.8 Å². The molecule has 4 rings (SSSR count). The van der Waals surface area contributed by atoms with E-state index in [1.807, 2.05) is 4.90 Å². The second-order valence-electron chi connectivity index (χ2n) is 7.44. The van der Waals surface area contributed by atoms with Gasteiger partial charge in [0.25, 0.3) is 0 Å². The highest BCUT2D eigenvalue weighted by molar-refractivity contribution is 8.00. The molecule has 1 saturated carbocycles. The van der Waals surface area contributed by atoms with Crippen molar-refractivity contribution in [1.29, 1.82) is 0 Å². The third-order valence-electron chi connectivity index (χ3n) is 5.84. The molecular weight excluding hydrogens is 328 g/mol. The van der Waals surface area contributed by atoms with E-state index < -0.39 is 0 Å². The fraction of sp³-hybridized carbons (Fsp3) is 0.882. The van der Waals surface area contributed by atoms with Crippen LogP contribution in [0.1, 0.15) is 38.5 Å². The summed E-state index contributed by atoms with van der Waals surface area (Å²) < 4.78 is 10.7. The highest BCUT2D eigenvalue weighted by Gasteiger charge is 2.53. The minimum Gasteiger partial charge on any atom is -0.352 e. The van der Waals surface area contributed by atoms with Gasteiger partial charge in [0.2, 0.25) is 11.8 Å². The summed E-state index contributed by atoms with van der Waals surface area (Å²) in [5.74, 6) is 1.42. The Morgan fingerprint density at radius 1 is 1.17 bits per heavy atom. The van der Waals surface area contributed by atoms with Crippen LogP contribution in [0, 0.1) is 5.41 Å². The molecule has 6 nitrogen and oxygen atoms in total. The van der Waals surface area contributed by atoms with Gasteiger partial charge in [-0.25, -0.2) is 0 Å². The number of amides is 2. The quantitative estimate of drug-likeness (QED) is 0.820. The van der Waals surface area contributed by atoms with E-state index in [1.165, 1.54) is 0 Å². The number of nitrogens with one attached hydrogen (secondary N) is 1. The topological polar surface area (TPSA) is 67.9 Å². The van der Waals surface area contributed by atoms with Crippen LogP contribution in [-0.2, 0) is 19.1 Å². The lowest BCUT2D eigenvalue weighted by Gasteiger charge is -2.51. The molecule has 4 aliphatic rings. The van der Waals surface area contributed by atoms with Crippen LogP contribution < -0.4 is 5.32 Å². The molecule has 7 heteroatoms. The third-order valence-corrected chi connectivity index (χ3v) is 7.22. The predicted molar refractivity (Wildman–Crippen MR) is 90.6 cm³/mol. The summed E-state index contributed by atoms with van der Waals surface area (Å²) >= 11 is 1.78. The minimum atomic E-state index is -0.368. The summed E-state index contributed by atoms with van der Waals surface area (Å²) in [7, 11) is 0. The fourth-order valence-corrected chi connectivity index (χ4v) is 5.65. The molecule has 1 spiro atoms. The standard InChI is InChI=1S/C17H26N2O4S/c20-14(9-15-22-6-7-23-15)19-10-17(11-19)5-1-4-13(17)18-16(21)12-3-2-8-24-12/h12-13,15H,1-11H2,(H,18,21). The first-order valence-electron chi connectivity index (χ1n) is 9.09. The average molecular weight is 354 g/mol. The number of ether oxygens (including phenoxy) is 2. The van der Waals surface area contributed by atoms with Crippen LogP contribution >= 0.6 is 11.8 Å². The maximum Gasteiger partial charge on any atom is 0.233 e. The van der Waals surface area contributed by atoms with E-state index in [2.05, 4.69) is 5.32 Å². The van der Waals surface area contributed by atoms with Gasteiger partial charge in [-0.05, 0) is 31.4 Å². The van der Waals surface area contributed by atoms with E-state index in [0.717, 1.165) is 50.9 Å². The van der Waals surface area contributed by atoms with Crippen LogP contribution in [0.25, 0.3) is 0 Å². The molecule has 3 saturated heterocycles. The number of carbonyl (C=O) groups is 2. The molecule has 134 valence electrons. The van der Waals surface area contributed by atoms with E-state index in [9.17, 15) is 9.59 Å². The highest BCUT2D eigenvalue weighted by atomic mass is 32.2. The van der Waals surface area contributed by atoms with Crippen molar-refractivity contribution in [3.05, 3.63) is 0 Å². The number of hydrogen-bond donors (Lipinski definition) is 1. The lowest BCUT2D eigenvalue weighted by atomic mass is 9.74. The van der Waals surface area contributed by atoms with Crippen molar-refractivity contribution in [3.8, 4) is 0 Å². The van der Waals surface area contributed by atoms with Gasteiger partial charge in [-0.1, -0.05) is 6.42 Å². The van der Waals surface area contributed by atoms with Crippen LogP contribution in [0.4, 0.5) is 0 Å². The van der Waals surface area contributed by atoms with Gasteiger partial charge in [-0.2, -0.15) is 0 Å². The molecule has 1 N–H and O–H groups in total. The predicted octanol–water partition coefficient (Wildman–Crippen LogP) is 1.14. The Bertz CT molecular complexity index is 497. The van der Waals surface area contributed by atoms with Gasteiger partial charge in [0, 0.05) is 24.5 Å². The van der Waals surface area contributed by atoms with E-state index in [0.29, 0.717) is 19.6 Å². The number of rotatable bonds is 4. The summed E-state index contributed by atoms with van der Waals surface area (Å²) in [5, 5.41) is 3.44. The first-order valence-corrected chi connectivity index (χ1v) is 10.1. The van der Waals surface area contributed by atoms with Crippen molar-refractivity contribution in [2.24, 2.45) is 5.41 Å². The molecule has 2 atom stereocenters. The van der Waals surface area contributed by atoms with Gasteiger partial charge in [0.1, 0.15) is 0 Å². The Morgan fingerprint density at radius 2 is 1.96 bits per heavy atom. The Balaban J connectivity index is 1.29. The fourth-order valence-electron chi connectivity index (χ4n) is 4.48. The zero-order valence-electron chi connectivity index (χ0n) is 14.0. The maximum atomic E-state index is 12.4.